The first kappa shape index (κ1) is 19.1. The smallest absolute Gasteiger partial charge is 0.227 e. The van der Waals surface area contributed by atoms with Crippen molar-refractivity contribution >= 4 is 28.5 Å². The number of H-pyrrole nitrogens is 1. The molecule has 0 saturated carbocycles. The van der Waals surface area contributed by atoms with E-state index in [0.29, 0.717) is 5.82 Å². The lowest BCUT2D eigenvalue weighted by Crippen LogP contribution is -2.38. The minimum atomic E-state index is -0.535. The first-order chi connectivity index (χ1) is 13.9. The molecule has 2 atom stereocenters. The largest absolute Gasteiger partial charge is 0.346 e. The molecule has 6 nitrogen and oxygen atoms in total. The molecule has 3 aromatic rings. The van der Waals surface area contributed by atoms with E-state index in [1.165, 1.54) is 11.0 Å². The third-order valence-electron chi connectivity index (χ3n) is 5.31. The number of nitrogens with one attached hydrogen (secondary N) is 2. The zero-order chi connectivity index (χ0) is 20.5. The number of carbonyl (C=O) groups excluding carboxylic acids is 2. The van der Waals surface area contributed by atoms with Gasteiger partial charge >= 0.3 is 0 Å². The second-order valence-electron chi connectivity index (χ2n) is 7.73. The molecule has 29 heavy (non-hydrogen) atoms. The third kappa shape index (κ3) is 3.72. The van der Waals surface area contributed by atoms with Gasteiger partial charge in [-0.15, -0.1) is 0 Å². The summed E-state index contributed by atoms with van der Waals surface area (Å²) in [7, 11) is 0. The van der Waals surface area contributed by atoms with Gasteiger partial charge in [-0.3, -0.25) is 9.59 Å². The topological polar surface area (TPSA) is 78.1 Å². The lowest BCUT2D eigenvalue weighted by atomic mass is 10.0. The molecule has 1 aromatic heterocycles. The van der Waals surface area contributed by atoms with Crippen molar-refractivity contribution in [3.05, 3.63) is 60.2 Å². The summed E-state index contributed by atoms with van der Waals surface area (Å²) < 4.78 is 14.1. The second kappa shape index (κ2) is 7.66. The first-order valence-corrected chi connectivity index (χ1v) is 9.74. The number of nitrogens with zero attached hydrogens (tertiary/aromatic N) is 2. The van der Waals surface area contributed by atoms with Crippen LogP contribution < -0.4 is 10.2 Å². The van der Waals surface area contributed by atoms with Crippen LogP contribution in [-0.2, 0) is 9.59 Å². The van der Waals surface area contributed by atoms with Crippen molar-refractivity contribution in [1.82, 2.24) is 15.3 Å². The van der Waals surface area contributed by atoms with E-state index in [1.807, 2.05) is 38.1 Å². The van der Waals surface area contributed by atoms with Gasteiger partial charge in [0.25, 0.3) is 0 Å². The van der Waals surface area contributed by atoms with Crippen LogP contribution in [0.3, 0.4) is 0 Å². The number of imidazole rings is 1. The monoisotopic (exact) mass is 394 g/mol. The molecule has 0 unspecified atom stereocenters. The van der Waals surface area contributed by atoms with Crippen molar-refractivity contribution in [2.45, 2.75) is 26.3 Å². The summed E-state index contributed by atoms with van der Waals surface area (Å²) in [6.07, 6.45) is 0.0606. The molecule has 0 bridgehead atoms. The van der Waals surface area contributed by atoms with Crippen LogP contribution in [-0.4, -0.2) is 28.3 Å². The van der Waals surface area contributed by atoms with Crippen molar-refractivity contribution in [3.63, 3.8) is 0 Å². The van der Waals surface area contributed by atoms with Crippen molar-refractivity contribution < 1.29 is 14.0 Å². The molecular formula is C22H23FN4O2. The Morgan fingerprint density at radius 3 is 2.66 bits per heavy atom. The summed E-state index contributed by atoms with van der Waals surface area (Å²) >= 11 is 0. The molecule has 1 fully saturated rings. The van der Waals surface area contributed by atoms with E-state index in [4.69, 9.17) is 0 Å². The second-order valence-corrected chi connectivity index (χ2v) is 7.73. The van der Waals surface area contributed by atoms with Crippen LogP contribution in [0.1, 0.15) is 32.1 Å². The molecule has 1 saturated heterocycles. The molecule has 1 aliphatic rings. The molecular weight excluding hydrogens is 371 g/mol. The number of halogens is 1. The lowest BCUT2D eigenvalue weighted by Gasteiger charge is -2.22. The Bertz CT molecular complexity index is 1030. The number of rotatable bonds is 5. The van der Waals surface area contributed by atoms with Gasteiger partial charge in [-0.25, -0.2) is 9.37 Å². The number of para-hydroxylation sites is 3. The Morgan fingerprint density at radius 2 is 1.93 bits per heavy atom. The number of aromatic amines is 1. The average Bonchev–Trinajstić information content (AvgIpc) is 3.29. The Morgan fingerprint density at radius 1 is 1.21 bits per heavy atom. The van der Waals surface area contributed by atoms with Crippen LogP contribution in [0.15, 0.2) is 48.5 Å². The molecule has 2 aromatic carbocycles. The molecule has 1 aliphatic heterocycles. The van der Waals surface area contributed by atoms with Gasteiger partial charge in [0, 0.05) is 13.0 Å². The summed E-state index contributed by atoms with van der Waals surface area (Å²) in [6, 6.07) is 13.5. The van der Waals surface area contributed by atoms with E-state index in [2.05, 4.69) is 15.3 Å². The van der Waals surface area contributed by atoms with Crippen LogP contribution in [0.5, 0.6) is 0 Å². The van der Waals surface area contributed by atoms with Crippen LogP contribution in [0.4, 0.5) is 10.1 Å². The number of hydrogen-bond donors (Lipinski definition) is 2. The van der Waals surface area contributed by atoms with Crippen molar-refractivity contribution in [1.29, 1.82) is 0 Å². The van der Waals surface area contributed by atoms with E-state index in [1.54, 1.807) is 18.2 Å². The number of amides is 2. The fourth-order valence-electron chi connectivity index (χ4n) is 3.73. The molecule has 0 spiro atoms. The maximum atomic E-state index is 14.1. The predicted molar refractivity (Wildman–Crippen MR) is 109 cm³/mol. The average molecular weight is 394 g/mol. The predicted octanol–water partition coefficient (Wildman–Crippen LogP) is 3.57. The molecule has 7 heteroatoms. The summed E-state index contributed by atoms with van der Waals surface area (Å²) in [5.74, 6) is -0.697. The zero-order valence-corrected chi connectivity index (χ0v) is 16.4. The van der Waals surface area contributed by atoms with Gasteiger partial charge < -0.3 is 15.2 Å². The van der Waals surface area contributed by atoms with Crippen LogP contribution in [0, 0.1) is 17.7 Å². The maximum Gasteiger partial charge on any atom is 0.227 e. The number of benzene rings is 2. The quantitative estimate of drug-likeness (QED) is 0.694. The number of carbonyl (C=O) groups is 2. The van der Waals surface area contributed by atoms with Gasteiger partial charge in [0.1, 0.15) is 11.6 Å². The highest BCUT2D eigenvalue weighted by molar-refractivity contribution is 6.00. The molecule has 150 valence electrons. The Hall–Kier alpha value is -3.22. The Labute approximate surface area is 168 Å². The van der Waals surface area contributed by atoms with E-state index in [-0.39, 0.29) is 42.4 Å². The van der Waals surface area contributed by atoms with Crippen LogP contribution >= 0.6 is 0 Å². The van der Waals surface area contributed by atoms with Crippen molar-refractivity contribution in [2.75, 3.05) is 11.4 Å². The highest BCUT2D eigenvalue weighted by Gasteiger charge is 2.37. The molecule has 4 rings (SSSR count). The van der Waals surface area contributed by atoms with Crippen molar-refractivity contribution in [3.8, 4) is 0 Å². The van der Waals surface area contributed by atoms with Crippen molar-refractivity contribution in [2.24, 2.45) is 11.8 Å². The van der Waals surface area contributed by atoms with Gasteiger partial charge in [0.05, 0.1) is 28.7 Å². The van der Waals surface area contributed by atoms with Crippen LogP contribution in [0.25, 0.3) is 11.0 Å². The maximum absolute atomic E-state index is 14.1. The van der Waals surface area contributed by atoms with Gasteiger partial charge in [0.2, 0.25) is 11.8 Å². The third-order valence-corrected chi connectivity index (χ3v) is 5.31. The molecule has 2 N–H and O–H groups in total. The van der Waals surface area contributed by atoms with E-state index in [0.717, 1.165) is 11.0 Å². The fraction of sp³-hybridized carbons (Fsp3) is 0.318. The van der Waals surface area contributed by atoms with E-state index < -0.39 is 11.7 Å². The number of aromatic nitrogens is 2. The highest BCUT2D eigenvalue weighted by Crippen LogP contribution is 2.29. The number of hydrogen-bond acceptors (Lipinski definition) is 3. The molecule has 2 heterocycles. The first-order valence-electron chi connectivity index (χ1n) is 9.74. The van der Waals surface area contributed by atoms with Gasteiger partial charge in [-0.2, -0.15) is 0 Å². The van der Waals surface area contributed by atoms with E-state index >= 15 is 0 Å². The summed E-state index contributed by atoms with van der Waals surface area (Å²) in [4.78, 5) is 34.6. The minimum Gasteiger partial charge on any atom is -0.346 e. The fourth-order valence-corrected chi connectivity index (χ4v) is 3.73. The summed E-state index contributed by atoms with van der Waals surface area (Å²) in [6.45, 7) is 4.17. The van der Waals surface area contributed by atoms with Gasteiger partial charge in [0.15, 0.2) is 0 Å². The van der Waals surface area contributed by atoms with E-state index in [9.17, 15) is 14.0 Å². The Balaban J connectivity index is 1.51. The molecule has 2 amide bonds. The van der Waals surface area contributed by atoms with Gasteiger partial charge in [-0.1, -0.05) is 38.1 Å². The lowest BCUT2D eigenvalue weighted by molar-refractivity contribution is -0.127. The van der Waals surface area contributed by atoms with Gasteiger partial charge in [-0.05, 0) is 30.2 Å². The van der Waals surface area contributed by atoms with Crippen LogP contribution in [0.2, 0.25) is 0 Å². The number of fused-ring (bicyclic) bond motifs is 1. The standard InChI is InChI=1S/C22H23FN4O2/c1-13(2)20(21-24-16-8-4-5-9-17(16)25-21)26-22(29)14-11-19(28)27(12-14)18-10-6-3-7-15(18)23/h3-10,13-14,20H,11-12H2,1-2H3,(H,24,25)(H,26,29)/t14-,20+/m1/s1. The summed E-state index contributed by atoms with van der Waals surface area (Å²) in [5, 5.41) is 3.04. The molecule has 0 aliphatic carbocycles. The zero-order valence-electron chi connectivity index (χ0n) is 16.4. The normalized spacial score (nSPS) is 17.9. The summed E-state index contributed by atoms with van der Waals surface area (Å²) in [5.41, 5.74) is 1.96. The minimum absolute atomic E-state index is 0.0606. The Kier molecular flexibility index (Phi) is 5.05. The molecule has 0 radical (unpaired) electrons. The highest BCUT2D eigenvalue weighted by atomic mass is 19.1. The number of anilines is 1. The SMILES string of the molecule is CC(C)[C@H](NC(=O)[C@@H]1CC(=O)N(c2ccccc2F)C1)c1nc2ccccc2[nH]1.